The Kier molecular flexibility index (Phi) is 6.88. The van der Waals surface area contributed by atoms with Crippen LogP contribution in [0.3, 0.4) is 0 Å². The minimum absolute atomic E-state index is 0.356. The predicted molar refractivity (Wildman–Crippen MR) is 105 cm³/mol. The zero-order valence-corrected chi connectivity index (χ0v) is 15.5. The molecule has 1 heterocycles. The van der Waals surface area contributed by atoms with Crippen molar-refractivity contribution in [2.45, 2.75) is 13.8 Å². The Morgan fingerprint density at radius 2 is 1.67 bits per heavy atom. The highest BCUT2D eigenvalue weighted by Gasteiger charge is 2.13. The van der Waals surface area contributed by atoms with Crippen molar-refractivity contribution >= 4 is 29.4 Å². The fraction of sp³-hybridized carbons (Fsp3) is 0.190. The summed E-state index contributed by atoms with van der Waals surface area (Å²) >= 11 is 0. The molecule has 0 fully saturated rings. The molecule has 1 aromatic carbocycles. The molecule has 0 atom stereocenters. The van der Waals surface area contributed by atoms with Crippen molar-refractivity contribution in [3.63, 3.8) is 0 Å². The molecule has 0 aliphatic rings. The van der Waals surface area contributed by atoms with E-state index in [1.807, 2.05) is 13.8 Å². The smallest absolute Gasteiger partial charge is 0.255 e. The van der Waals surface area contributed by atoms with Crippen LogP contribution in [0, 0.1) is 0 Å². The molecule has 0 radical (unpaired) electrons. The maximum Gasteiger partial charge on any atom is 0.255 e. The molecule has 0 bridgehead atoms. The lowest BCUT2D eigenvalue weighted by molar-refractivity contribution is 0.102. The van der Waals surface area contributed by atoms with Crippen LogP contribution in [0.1, 0.15) is 46.0 Å². The summed E-state index contributed by atoms with van der Waals surface area (Å²) < 4.78 is 10.8. The van der Waals surface area contributed by atoms with Gasteiger partial charge in [-0.25, -0.2) is 4.98 Å². The number of aldehydes is 1. The van der Waals surface area contributed by atoms with E-state index in [2.05, 4.69) is 23.5 Å². The van der Waals surface area contributed by atoms with Crippen LogP contribution in [-0.4, -0.2) is 30.4 Å². The minimum atomic E-state index is -0.356. The molecule has 2 rings (SSSR count). The molecule has 0 saturated heterocycles. The fourth-order valence-corrected chi connectivity index (χ4v) is 2.34. The largest absolute Gasteiger partial charge is 0.492 e. The van der Waals surface area contributed by atoms with Gasteiger partial charge in [-0.3, -0.25) is 9.59 Å². The number of anilines is 1. The number of aromatic nitrogens is 1. The van der Waals surface area contributed by atoms with Crippen LogP contribution in [0.2, 0.25) is 0 Å². The zero-order chi connectivity index (χ0) is 19.8. The second kappa shape index (κ2) is 9.33. The van der Waals surface area contributed by atoms with Crippen molar-refractivity contribution in [2.75, 3.05) is 18.5 Å². The Morgan fingerprint density at radius 3 is 2.19 bits per heavy atom. The van der Waals surface area contributed by atoms with E-state index in [1.165, 1.54) is 6.07 Å². The van der Waals surface area contributed by atoms with Gasteiger partial charge in [-0.2, -0.15) is 0 Å². The normalized spacial score (nSPS) is 10.0. The molecule has 27 heavy (non-hydrogen) atoms. The van der Waals surface area contributed by atoms with Crippen molar-refractivity contribution in [1.82, 2.24) is 4.98 Å². The average Bonchev–Trinajstić information content (AvgIpc) is 2.68. The molecule has 1 aromatic heterocycles. The molecule has 0 spiro atoms. The van der Waals surface area contributed by atoms with Gasteiger partial charge in [0, 0.05) is 16.8 Å². The van der Waals surface area contributed by atoms with Crippen LogP contribution in [0.15, 0.2) is 49.6 Å². The van der Waals surface area contributed by atoms with E-state index in [0.29, 0.717) is 59.2 Å². The Balaban J connectivity index is 2.35. The first kappa shape index (κ1) is 19.9. The third-order valence-electron chi connectivity index (χ3n) is 3.58. The molecule has 0 aliphatic carbocycles. The van der Waals surface area contributed by atoms with Crippen LogP contribution in [0.5, 0.6) is 0 Å². The van der Waals surface area contributed by atoms with E-state index in [0.717, 1.165) is 0 Å². The van der Waals surface area contributed by atoms with Crippen LogP contribution in [0.4, 0.5) is 5.69 Å². The molecular weight excluding hydrogens is 344 g/mol. The van der Waals surface area contributed by atoms with Crippen LogP contribution in [-0.2, 0) is 9.47 Å². The molecule has 6 heteroatoms. The number of carbonyl (C=O) groups is 2. The summed E-state index contributed by atoms with van der Waals surface area (Å²) in [6, 6.07) is 9.73. The summed E-state index contributed by atoms with van der Waals surface area (Å²) in [7, 11) is 0. The van der Waals surface area contributed by atoms with E-state index in [9.17, 15) is 9.59 Å². The quantitative estimate of drug-likeness (QED) is 0.533. The number of carbonyl (C=O) groups excluding carboxylic acids is 2. The van der Waals surface area contributed by atoms with Crippen molar-refractivity contribution < 1.29 is 19.1 Å². The van der Waals surface area contributed by atoms with Gasteiger partial charge in [0.15, 0.2) is 0 Å². The first-order valence-electron chi connectivity index (χ1n) is 8.51. The number of benzene rings is 1. The molecule has 2 aromatic rings. The third kappa shape index (κ3) is 5.28. The lowest BCUT2D eigenvalue weighted by atomic mass is 10.1. The van der Waals surface area contributed by atoms with Gasteiger partial charge in [-0.05, 0) is 38.1 Å². The highest BCUT2D eigenvalue weighted by molar-refractivity contribution is 6.05. The topological polar surface area (TPSA) is 77.5 Å². The van der Waals surface area contributed by atoms with Crippen LogP contribution >= 0.6 is 0 Å². The lowest BCUT2D eigenvalue weighted by Gasteiger charge is -2.13. The Labute approximate surface area is 158 Å². The molecule has 140 valence electrons. The first-order valence-corrected chi connectivity index (χ1v) is 8.51. The molecule has 6 nitrogen and oxygen atoms in total. The van der Waals surface area contributed by atoms with Gasteiger partial charge in [0.1, 0.15) is 29.2 Å². The maximum atomic E-state index is 12.5. The molecule has 0 unspecified atom stereocenters. The minimum Gasteiger partial charge on any atom is -0.492 e. The first-order chi connectivity index (χ1) is 13.0. The average molecular weight is 366 g/mol. The Hall–Kier alpha value is -3.41. The molecular formula is C21H22N2O4. The summed E-state index contributed by atoms with van der Waals surface area (Å²) in [5.74, 6) is 0.398. The van der Waals surface area contributed by atoms with Gasteiger partial charge in [-0.15, -0.1) is 0 Å². The molecule has 0 aliphatic heterocycles. The maximum absolute atomic E-state index is 12.5. The van der Waals surface area contributed by atoms with E-state index in [1.54, 1.807) is 30.3 Å². The van der Waals surface area contributed by atoms with Gasteiger partial charge in [0.25, 0.3) is 5.91 Å². The van der Waals surface area contributed by atoms with Crippen molar-refractivity contribution in [1.29, 1.82) is 0 Å². The fourth-order valence-electron chi connectivity index (χ4n) is 2.34. The summed E-state index contributed by atoms with van der Waals surface area (Å²) in [6.07, 6.45) is 0.692. The Bertz CT molecular complexity index is 838. The van der Waals surface area contributed by atoms with E-state index in [4.69, 9.17) is 9.47 Å². The van der Waals surface area contributed by atoms with Gasteiger partial charge in [0.2, 0.25) is 0 Å². The summed E-state index contributed by atoms with van der Waals surface area (Å²) in [5, 5.41) is 2.80. The number of hydrogen-bond acceptors (Lipinski definition) is 5. The third-order valence-corrected chi connectivity index (χ3v) is 3.58. The van der Waals surface area contributed by atoms with E-state index in [-0.39, 0.29) is 5.91 Å². The number of amides is 1. The van der Waals surface area contributed by atoms with Crippen molar-refractivity contribution in [3.8, 4) is 0 Å². The number of nitrogens with zero attached hydrogens (tertiary/aromatic N) is 1. The van der Waals surface area contributed by atoms with Gasteiger partial charge in [-0.1, -0.05) is 25.3 Å². The Morgan fingerprint density at radius 1 is 1.07 bits per heavy atom. The second-order valence-corrected chi connectivity index (χ2v) is 5.54. The van der Waals surface area contributed by atoms with Gasteiger partial charge < -0.3 is 14.8 Å². The van der Waals surface area contributed by atoms with Crippen LogP contribution in [0.25, 0.3) is 11.5 Å². The van der Waals surface area contributed by atoms with E-state index < -0.39 is 0 Å². The second-order valence-electron chi connectivity index (χ2n) is 5.54. The highest BCUT2D eigenvalue weighted by atomic mass is 16.5. The van der Waals surface area contributed by atoms with Gasteiger partial charge >= 0.3 is 0 Å². The van der Waals surface area contributed by atoms with Gasteiger partial charge in [0.05, 0.1) is 13.2 Å². The van der Waals surface area contributed by atoms with E-state index >= 15 is 0 Å². The molecule has 0 saturated carbocycles. The number of rotatable bonds is 9. The number of hydrogen-bond donors (Lipinski definition) is 1. The highest BCUT2D eigenvalue weighted by Crippen LogP contribution is 2.23. The number of ether oxygens (including phenoxy) is 2. The van der Waals surface area contributed by atoms with Crippen molar-refractivity contribution in [2.24, 2.45) is 0 Å². The SMILES string of the molecule is C=C(OCC)c1cc(NC(=O)c2cccc(C=O)c2)cc(C(=C)OCC)n1. The molecule has 1 amide bonds. The standard InChI is InChI=1S/C21H22N2O4/c1-5-26-14(3)19-11-18(12-20(23-19)15(4)27-6-2)22-21(25)17-9-7-8-16(10-17)13-24/h7-13H,3-6H2,1-2H3,(H,22,23,25). The zero-order valence-electron chi connectivity index (χ0n) is 15.5. The predicted octanol–water partition coefficient (Wildman–Crippen LogP) is 4.16. The summed E-state index contributed by atoms with van der Waals surface area (Å²) in [6.45, 7) is 12.3. The number of nitrogens with one attached hydrogen (secondary N) is 1. The summed E-state index contributed by atoms with van der Waals surface area (Å²) in [5.41, 5.74) is 2.21. The summed E-state index contributed by atoms with van der Waals surface area (Å²) in [4.78, 5) is 27.9. The van der Waals surface area contributed by atoms with Crippen molar-refractivity contribution in [3.05, 3.63) is 72.1 Å². The van der Waals surface area contributed by atoms with Crippen LogP contribution < -0.4 is 5.32 Å². The monoisotopic (exact) mass is 366 g/mol. The number of pyridine rings is 1. The lowest BCUT2D eigenvalue weighted by Crippen LogP contribution is -2.13. The molecule has 1 N–H and O–H groups in total.